The molecule has 2 N–H and O–H groups in total. The second-order valence-electron chi connectivity index (χ2n) is 4.94. The third-order valence-corrected chi connectivity index (χ3v) is 5.15. The van der Waals surface area contributed by atoms with Crippen LogP contribution in [0.5, 0.6) is 5.75 Å². The number of hydrogen-bond acceptors (Lipinski definition) is 6. The van der Waals surface area contributed by atoms with Gasteiger partial charge in [-0.1, -0.05) is 30.3 Å². The molecule has 0 saturated heterocycles. The van der Waals surface area contributed by atoms with Crippen LogP contribution in [0.4, 0.5) is 0 Å². The summed E-state index contributed by atoms with van der Waals surface area (Å²) in [6, 6.07) is 14.3. The minimum Gasteiger partial charge on any atom is -0.482 e. The van der Waals surface area contributed by atoms with Crippen molar-refractivity contribution in [2.24, 2.45) is 5.73 Å². The van der Waals surface area contributed by atoms with Gasteiger partial charge in [-0.2, -0.15) is 0 Å². The Bertz CT molecular complexity index is 772. The molecule has 0 aliphatic carbocycles. The topological polar surface area (TPSA) is 95.7 Å². The highest BCUT2D eigenvalue weighted by molar-refractivity contribution is 7.91. The molecule has 24 heavy (non-hydrogen) atoms. The van der Waals surface area contributed by atoms with Gasteiger partial charge < -0.3 is 15.2 Å². The summed E-state index contributed by atoms with van der Waals surface area (Å²) in [6.45, 7) is 1.79. The van der Waals surface area contributed by atoms with Crippen LogP contribution in [0.2, 0.25) is 0 Å². The molecule has 2 aromatic carbocycles. The Kier molecular flexibility index (Phi) is 5.94. The molecule has 0 radical (unpaired) electrons. The van der Waals surface area contributed by atoms with Crippen molar-refractivity contribution in [1.82, 2.24) is 0 Å². The largest absolute Gasteiger partial charge is 0.482 e. The lowest BCUT2D eigenvalue weighted by molar-refractivity contribution is -0.145. The number of ether oxygens (including phenoxy) is 2. The summed E-state index contributed by atoms with van der Waals surface area (Å²) in [5.74, 6) is -0.0407. The van der Waals surface area contributed by atoms with Gasteiger partial charge in [-0.3, -0.25) is 0 Å². The van der Waals surface area contributed by atoms with Crippen LogP contribution in [0.15, 0.2) is 59.5 Å². The Hall–Kier alpha value is -2.38. The van der Waals surface area contributed by atoms with Gasteiger partial charge in [0.2, 0.25) is 0 Å². The molecule has 0 spiro atoms. The van der Waals surface area contributed by atoms with E-state index in [1.807, 2.05) is 0 Å². The van der Waals surface area contributed by atoms with E-state index >= 15 is 0 Å². The SMILES string of the molecule is CCOC(=O)COc1ccc(C(N)S(=O)(=O)c2ccccc2)cc1. The van der Waals surface area contributed by atoms with Gasteiger partial charge in [0.1, 0.15) is 11.1 Å². The molecule has 2 rings (SSSR count). The van der Waals surface area contributed by atoms with Crippen LogP contribution in [0.1, 0.15) is 17.9 Å². The third-order valence-electron chi connectivity index (χ3n) is 3.28. The van der Waals surface area contributed by atoms with Crippen molar-refractivity contribution in [2.75, 3.05) is 13.2 Å². The van der Waals surface area contributed by atoms with E-state index in [0.717, 1.165) is 0 Å². The van der Waals surface area contributed by atoms with Crippen LogP contribution in [-0.4, -0.2) is 27.6 Å². The summed E-state index contributed by atoms with van der Waals surface area (Å²) in [6.07, 6.45) is 0. The van der Waals surface area contributed by atoms with Gasteiger partial charge in [0.25, 0.3) is 0 Å². The van der Waals surface area contributed by atoms with Crippen molar-refractivity contribution in [3.8, 4) is 5.75 Å². The van der Waals surface area contributed by atoms with Crippen LogP contribution >= 0.6 is 0 Å². The smallest absolute Gasteiger partial charge is 0.344 e. The van der Waals surface area contributed by atoms with Crippen LogP contribution < -0.4 is 10.5 Å². The number of benzene rings is 2. The second kappa shape index (κ2) is 7.94. The normalized spacial score (nSPS) is 12.4. The predicted molar refractivity (Wildman–Crippen MR) is 89.1 cm³/mol. The lowest BCUT2D eigenvalue weighted by Crippen LogP contribution is -2.22. The molecular formula is C17H19NO5S. The monoisotopic (exact) mass is 349 g/mol. The van der Waals surface area contributed by atoms with Crippen molar-refractivity contribution in [2.45, 2.75) is 17.2 Å². The van der Waals surface area contributed by atoms with Gasteiger partial charge in [0.05, 0.1) is 11.5 Å². The summed E-state index contributed by atoms with van der Waals surface area (Å²) in [5.41, 5.74) is 6.35. The number of carbonyl (C=O) groups is 1. The number of nitrogens with two attached hydrogens (primary N) is 1. The Labute approximate surface area is 141 Å². The molecule has 0 amide bonds. The third kappa shape index (κ3) is 4.33. The maximum atomic E-state index is 12.5. The standard InChI is InChI=1S/C17H19NO5S/c1-2-22-16(19)12-23-14-10-8-13(9-11-14)17(18)24(20,21)15-6-4-3-5-7-15/h3-11,17H,2,12,18H2,1H3. The van der Waals surface area contributed by atoms with Crippen molar-refractivity contribution < 1.29 is 22.7 Å². The van der Waals surface area contributed by atoms with Crippen molar-refractivity contribution >= 4 is 15.8 Å². The number of esters is 1. The van der Waals surface area contributed by atoms with Gasteiger partial charge >= 0.3 is 5.97 Å². The first-order valence-electron chi connectivity index (χ1n) is 7.38. The van der Waals surface area contributed by atoms with E-state index in [1.54, 1.807) is 49.4 Å². The van der Waals surface area contributed by atoms with E-state index in [2.05, 4.69) is 0 Å². The Morgan fingerprint density at radius 1 is 1.08 bits per heavy atom. The molecule has 1 atom stereocenters. The number of sulfone groups is 1. The van der Waals surface area contributed by atoms with E-state index in [4.69, 9.17) is 15.2 Å². The lowest BCUT2D eigenvalue weighted by Gasteiger charge is -2.14. The molecule has 0 aliphatic heterocycles. The van der Waals surface area contributed by atoms with E-state index in [1.165, 1.54) is 12.1 Å². The molecule has 7 heteroatoms. The van der Waals surface area contributed by atoms with E-state index in [9.17, 15) is 13.2 Å². The van der Waals surface area contributed by atoms with Crippen LogP contribution in [0.25, 0.3) is 0 Å². The summed E-state index contributed by atoms with van der Waals surface area (Å²) in [4.78, 5) is 11.4. The second-order valence-corrected chi connectivity index (χ2v) is 7.01. The zero-order valence-electron chi connectivity index (χ0n) is 13.2. The predicted octanol–water partition coefficient (Wildman–Crippen LogP) is 2.06. The van der Waals surface area contributed by atoms with E-state index in [0.29, 0.717) is 11.3 Å². The van der Waals surface area contributed by atoms with Crippen molar-refractivity contribution in [3.05, 3.63) is 60.2 Å². The van der Waals surface area contributed by atoms with Crippen molar-refractivity contribution in [3.63, 3.8) is 0 Å². The molecule has 0 heterocycles. The van der Waals surface area contributed by atoms with Gasteiger partial charge in [-0.15, -0.1) is 0 Å². The lowest BCUT2D eigenvalue weighted by atomic mass is 10.2. The Balaban J connectivity index is 2.09. The molecule has 0 fully saturated rings. The first kappa shape index (κ1) is 18.0. The minimum atomic E-state index is -3.68. The zero-order chi connectivity index (χ0) is 17.6. The van der Waals surface area contributed by atoms with E-state index < -0.39 is 21.2 Å². The number of rotatable bonds is 7. The zero-order valence-corrected chi connectivity index (χ0v) is 14.0. The Morgan fingerprint density at radius 2 is 1.71 bits per heavy atom. The highest BCUT2D eigenvalue weighted by Gasteiger charge is 2.25. The first-order valence-corrected chi connectivity index (χ1v) is 8.92. The average molecular weight is 349 g/mol. The molecule has 128 valence electrons. The highest BCUT2D eigenvalue weighted by atomic mass is 32.2. The fraction of sp³-hybridized carbons (Fsp3) is 0.235. The maximum Gasteiger partial charge on any atom is 0.344 e. The summed E-state index contributed by atoms with van der Waals surface area (Å²) in [5, 5.41) is -1.18. The summed E-state index contributed by atoms with van der Waals surface area (Å²) < 4.78 is 35.0. The minimum absolute atomic E-state index is 0.167. The quantitative estimate of drug-likeness (QED) is 0.769. The van der Waals surface area contributed by atoms with Gasteiger partial charge in [-0.05, 0) is 36.8 Å². The molecule has 0 aliphatic rings. The van der Waals surface area contributed by atoms with E-state index in [-0.39, 0.29) is 18.1 Å². The number of carbonyl (C=O) groups excluding carboxylic acids is 1. The number of hydrogen-bond donors (Lipinski definition) is 1. The van der Waals surface area contributed by atoms with Gasteiger partial charge in [-0.25, -0.2) is 13.2 Å². The van der Waals surface area contributed by atoms with Crippen molar-refractivity contribution in [1.29, 1.82) is 0 Å². The highest BCUT2D eigenvalue weighted by Crippen LogP contribution is 2.25. The maximum absolute atomic E-state index is 12.5. The first-order chi connectivity index (χ1) is 11.4. The summed E-state index contributed by atoms with van der Waals surface area (Å²) >= 11 is 0. The Morgan fingerprint density at radius 3 is 2.29 bits per heavy atom. The summed E-state index contributed by atoms with van der Waals surface area (Å²) in [7, 11) is -3.68. The van der Waals surface area contributed by atoms with Gasteiger partial charge in [0, 0.05) is 0 Å². The molecule has 6 nitrogen and oxygen atoms in total. The molecule has 2 aromatic rings. The molecular weight excluding hydrogens is 330 g/mol. The molecule has 0 aromatic heterocycles. The molecule has 0 saturated carbocycles. The average Bonchev–Trinajstić information content (AvgIpc) is 2.61. The fourth-order valence-electron chi connectivity index (χ4n) is 2.03. The van der Waals surface area contributed by atoms with Crippen LogP contribution in [0, 0.1) is 0 Å². The van der Waals surface area contributed by atoms with Crippen LogP contribution in [-0.2, 0) is 19.4 Å². The molecule has 1 unspecified atom stereocenters. The fourth-order valence-corrected chi connectivity index (χ4v) is 3.38. The van der Waals surface area contributed by atoms with Crippen LogP contribution in [0.3, 0.4) is 0 Å². The molecule has 0 bridgehead atoms. The van der Waals surface area contributed by atoms with Gasteiger partial charge in [0.15, 0.2) is 16.4 Å².